The van der Waals surface area contributed by atoms with E-state index in [1.54, 1.807) is 28.8 Å². The zero-order valence-electron chi connectivity index (χ0n) is 11.8. The van der Waals surface area contributed by atoms with Crippen LogP contribution in [0, 0.1) is 5.82 Å². The maximum Gasteiger partial charge on any atom is 0.323 e. The minimum atomic E-state index is -0.995. The molecule has 1 aliphatic rings. The van der Waals surface area contributed by atoms with Gasteiger partial charge >= 0.3 is 5.97 Å². The fourth-order valence-electron chi connectivity index (χ4n) is 2.63. The van der Waals surface area contributed by atoms with E-state index < -0.39 is 5.97 Å². The summed E-state index contributed by atoms with van der Waals surface area (Å²) >= 11 is 0. The highest BCUT2D eigenvalue weighted by atomic mass is 19.1. The van der Waals surface area contributed by atoms with E-state index >= 15 is 0 Å². The summed E-state index contributed by atoms with van der Waals surface area (Å²) in [6.07, 6.45) is 0. The monoisotopic (exact) mass is 314 g/mol. The molecule has 0 radical (unpaired) electrons. The molecule has 0 saturated heterocycles. The van der Waals surface area contributed by atoms with Gasteiger partial charge in [0.05, 0.1) is 11.0 Å². The van der Waals surface area contributed by atoms with Crippen molar-refractivity contribution < 1.29 is 23.8 Å². The van der Waals surface area contributed by atoms with E-state index in [0.717, 1.165) is 0 Å². The van der Waals surface area contributed by atoms with Crippen LogP contribution in [0.3, 0.4) is 0 Å². The predicted molar refractivity (Wildman–Crippen MR) is 78.9 cm³/mol. The molecule has 4 rings (SSSR count). The molecule has 6 nitrogen and oxygen atoms in total. The third-order valence-electron chi connectivity index (χ3n) is 3.64. The number of halogens is 1. The van der Waals surface area contributed by atoms with Crippen LogP contribution in [0.15, 0.2) is 36.4 Å². The molecule has 1 aromatic heterocycles. The number of carboxylic acids is 1. The number of carbonyl (C=O) groups is 1. The second-order valence-electron chi connectivity index (χ2n) is 5.12. The number of carboxylic acid groups (broad SMARTS) is 1. The second kappa shape index (κ2) is 4.98. The van der Waals surface area contributed by atoms with Gasteiger partial charge in [0.25, 0.3) is 0 Å². The highest BCUT2D eigenvalue weighted by molar-refractivity contribution is 5.86. The first-order valence-corrected chi connectivity index (χ1v) is 6.89. The highest BCUT2D eigenvalue weighted by Gasteiger charge is 2.20. The Kier molecular flexibility index (Phi) is 2.94. The Balaban J connectivity index is 1.95. The van der Waals surface area contributed by atoms with Gasteiger partial charge in [0.2, 0.25) is 6.79 Å². The first kappa shape index (κ1) is 13.6. The number of rotatable bonds is 3. The van der Waals surface area contributed by atoms with Gasteiger partial charge in [-0.3, -0.25) is 4.79 Å². The van der Waals surface area contributed by atoms with E-state index in [1.807, 2.05) is 0 Å². The van der Waals surface area contributed by atoms with E-state index in [1.165, 1.54) is 12.1 Å². The SMILES string of the molecule is O=C(O)Cn1c(-c2ccc(F)cc2)nc2cc3c(cc21)OCO3. The molecule has 1 aliphatic heterocycles. The maximum atomic E-state index is 13.1. The van der Waals surface area contributed by atoms with Gasteiger partial charge in [0.15, 0.2) is 11.5 Å². The van der Waals surface area contributed by atoms with Gasteiger partial charge in [0, 0.05) is 17.7 Å². The van der Waals surface area contributed by atoms with Crippen LogP contribution in [0.25, 0.3) is 22.4 Å². The molecule has 3 aromatic rings. The van der Waals surface area contributed by atoms with Crippen molar-refractivity contribution in [3.05, 3.63) is 42.2 Å². The number of ether oxygens (including phenoxy) is 2. The van der Waals surface area contributed by atoms with Crippen molar-refractivity contribution in [3.63, 3.8) is 0 Å². The highest BCUT2D eigenvalue weighted by Crippen LogP contribution is 2.37. The normalized spacial score (nSPS) is 12.7. The number of nitrogens with zero attached hydrogens (tertiary/aromatic N) is 2. The van der Waals surface area contributed by atoms with Gasteiger partial charge < -0.3 is 19.1 Å². The average molecular weight is 314 g/mol. The third-order valence-corrected chi connectivity index (χ3v) is 3.64. The third kappa shape index (κ3) is 2.26. The molecule has 0 aliphatic carbocycles. The molecule has 0 unspecified atom stereocenters. The summed E-state index contributed by atoms with van der Waals surface area (Å²) in [7, 11) is 0. The lowest BCUT2D eigenvalue weighted by molar-refractivity contribution is -0.137. The molecule has 7 heteroatoms. The summed E-state index contributed by atoms with van der Waals surface area (Å²) in [5, 5.41) is 9.19. The molecular formula is C16H11FN2O4. The standard InChI is InChI=1S/C16H11FN2O4/c17-10-3-1-9(2-4-10)16-18-11-5-13-14(23-8-22-13)6-12(11)19(16)7-15(20)21/h1-6H,7-8H2,(H,20,21). The molecule has 1 N–H and O–H groups in total. The fraction of sp³-hybridized carbons (Fsp3) is 0.125. The number of fused-ring (bicyclic) bond motifs is 2. The molecule has 0 fully saturated rings. The van der Waals surface area contributed by atoms with Gasteiger partial charge in [-0.25, -0.2) is 9.37 Å². The average Bonchev–Trinajstić information content (AvgIpc) is 3.10. The van der Waals surface area contributed by atoms with Crippen molar-refractivity contribution in [2.24, 2.45) is 0 Å². The quantitative estimate of drug-likeness (QED) is 0.804. The summed E-state index contributed by atoms with van der Waals surface area (Å²) in [5.41, 5.74) is 1.84. The Bertz CT molecular complexity index is 918. The fourth-order valence-corrected chi connectivity index (χ4v) is 2.63. The van der Waals surface area contributed by atoms with Crippen molar-refractivity contribution in [2.45, 2.75) is 6.54 Å². The van der Waals surface area contributed by atoms with Crippen LogP contribution in [0.2, 0.25) is 0 Å². The van der Waals surface area contributed by atoms with Gasteiger partial charge in [-0.2, -0.15) is 0 Å². The molecule has 0 atom stereocenters. The van der Waals surface area contributed by atoms with E-state index in [2.05, 4.69) is 4.98 Å². The van der Waals surface area contributed by atoms with Crippen LogP contribution in [-0.2, 0) is 11.3 Å². The van der Waals surface area contributed by atoms with Crippen LogP contribution >= 0.6 is 0 Å². The Morgan fingerprint density at radius 3 is 2.61 bits per heavy atom. The Labute approximate surface area is 129 Å². The minimum absolute atomic E-state index is 0.131. The summed E-state index contributed by atoms with van der Waals surface area (Å²) in [6, 6.07) is 9.17. The molecule has 2 aromatic carbocycles. The number of hydrogen-bond donors (Lipinski definition) is 1. The van der Waals surface area contributed by atoms with Gasteiger partial charge in [-0.15, -0.1) is 0 Å². The molecule has 2 heterocycles. The molecule has 0 bridgehead atoms. The van der Waals surface area contributed by atoms with Crippen LogP contribution in [0.5, 0.6) is 11.5 Å². The predicted octanol–water partition coefficient (Wildman–Crippen LogP) is 2.66. The van der Waals surface area contributed by atoms with Gasteiger partial charge in [-0.05, 0) is 24.3 Å². The van der Waals surface area contributed by atoms with Crippen molar-refractivity contribution in [2.75, 3.05) is 6.79 Å². The lowest BCUT2D eigenvalue weighted by atomic mass is 10.2. The van der Waals surface area contributed by atoms with Gasteiger partial charge in [-0.1, -0.05) is 0 Å². The van der Waals surface area contributed by atoms with Crippen LogP contribution in [0.4, 0.5) is 4.39 Å². The smallest absolute Gasteiger partial charge is 0.323 e. The summed E-state index contributed by atoms with van der Waals surface area (Å²) in [6.45, 7) is -0.130. The number of hydrogen-bond acceptors (Lipinski definition) is 4. The zero-order valence-corrected chi connectivity index (χ0v) is 11.8. The summed E-state index contributed by atoms with van der Waals surface area (Å²) < 4.78 is 25.3. The largest absolute Gasteiger partial charge is 0.480 e. The van der Waals surface area contributed by atoms with Crippen LogP contribution < -0.4 is 9.47 Å². The van der Waals surface area contributed by atoms with Crippen LogP contribution in [-0.4, -0.2) is 27.4 Å². The van der Waals surface area contributed by atoms with E-state index in [-0.39, 0.29) is 19.2 Å². The van der Waals surface area contributed by atoms with Crippen molar-refractivity contribution in [1.29, 1.82) is 0 Å². The minimum Gasteiger partial charge on any atom is -0.480 e. The Morgan fingerprint density at radius 1 is 1.22 bits per heavy atom. The molecule has 116 valence electrons. The summed E-state index contributed by atoms with van der Waals surface area (Å²) in [5.74, 6) is 0.213. The van der Waals surface area contributed by atoms with Crippen molar-refractivity contribution >= 4 is 17.0 Å². The lowest BCUT2D eigenvalue weighted by Gasteiger charge is -2.06. The molecule has 23 heavy (non-hydrogen) atoms. The van der Waals surface area contributed by atoms with Gasteiger partial charge in [0.1, 0.15) is 18.2 Å². The maximum absolute atomic E-state index is 13.1. The zero-order chi connectivity index (χ0) is 16.0. The van der Waals surface area contributed by atoms with E-state index in [4.69, 9.17) is 9.47 Å². The van der Waals surface area contributed by atoms with Crippen LogP contribution in [0.1, 0.15) is 0 Å². The number of imidazole rings is 1. The first-order chi connectivity index (χ1) is 11.1. The van der Waals surface area contributed by atoms with Crippen molar-refractivity contribution in [1.82, 2.24) is 9.55 Å². The Hall–Kier alpha value is -3.09. The van der Waals surface area contributed by atoms with E-state index in [0.29, 0.717) is 33.9 Å². The van der Waals surface area contributed by atoms with E-state index in [9.17, 15) is 14.3 Å². The molecule has 0 saturated carbocycles. The number of benzene rings is 2. The topological polar surface area (TPSA) is 73.6 Å². The first-order valence-electron chi connectivity index (χ1n) is 6.89. The Morgan fingerprint density at radius 2 is 1.91 bits per heavy atom. The number of aliphatic carboxylic acids is 1. The molecular weight excluding hydrogens is 303 g/mol. The summed E-state index contributed by atoms with van der Waals surface area (Å²) in [4.78, 5) is 15.7. The lowest BCUT2D eigenvalue weighted by Crippen LogP contribution is -2.10. The number of aromatic nitrogens is 2. The molecule has 0 amide bonds. The second-order valence-corrected chi connectivity index (χ2v) is 5.12. The molecule has 0 spiro atoms. The van der Waals surface area contributed by atoms with Crippen molar-refractivity contribution in [3.8, 4) is 22.9 Å².